The van der Waals surface area contributed by atoms with Gasteiger partial charge in [0.05, 0.1) is 23.6 Å². The largest absolute Gasteiger partial charge is 0.494 e. The highest BCUT2D eigenvalue weighted by Gasteiger charge is 2.44. The molecule has 0 fully saturated rings. The second-order valence-corrected chi connectivity index (χ2v) is 9.44. The number of hydrogen-bond donors (Lipinski definition) is 0. The first-order valence-electron chi connectivity index (χ1n) is 12.2. The lowest BCUT2D eigenvalue weighted by atomic mass is 9.98. The maximum absolute atomic E-state index is 13.7. The second kappa shape index (κ2) is 10.2. The first-order chi connectivity index (χ1) is 17.5. The number of pyridine rings is 1. The zero-order valence-electron chi connectivity index (χ0n) is 20.3. The molecule has 1 aliphatic rings. The first kappa shape index (κ1) is 24.1. The van der Waals surface area contributed by atoms with Crippen LogP contribution in [-0.2, 0) is 0 Å². The van der Waals surface area contributed by atoms with E-state index in [-0.39, 0.29) is 16.8 Å². The van der Waals surface area contributed by atoms with Gasteiger partial charge >= 0.3 is 0 Å². The van der Waals surface area contributed by atoms with E-state index in [0.717, 1.165) is 29.8 Å². The number of anilines is 1. The zero-order chi connectivity index (χ0) is 25.2. The number of carbonyl (C=O) groups is 1. The van der Waals surface area contributed by atoms with Crippen molar-refractivity contribution in [1.82, 2.24) is 4.98 Å². The molecule has 7 heteroatoms. The van der Waals surface area contributed by atoms with Crippen LogP contribution in [0.3, 0.4) is 0 Å². The van der Waals surface area contributed by atoms with Crippen LogP contribution in [0.2, 0.25) is 5.02 Å². The average molecular weight is 503 g/mol. The number of nitrogens with zero attached hydrogens (tertiary/aromatic N) is 2. The molecule has 0 spiro atoms. The number of ether oxygens (including phenoxy) is 1. The fourth-order valence-corrected chi connectivity index (χ4v) is 4.80. The van der Waals surface area contributed by atoms with Gasteiger partial charge in [0.15, 0.2) is 5.43 Å². The van der Waals surface area contributed by atoms with Crippen molar-refractivity contribution in [3.8, 4) is 5.75 Å². The van der Waals surface area contributed by atoms with Gasteiger partial charge in [-0.25, -0.2) is 4.98 Å². The molecular weight excluding hydrogens is 476 g/mol. The lowest BCUT2D eigenvalue weighted by Crippen LogP contribution is -2.30. The highest BCUT2D eigenvalue weighted by Crippen LogP contribution is 2.41. The number of carbonyl (C=O) groups excluding carboxylic acids is 1. The summed E-state index contributed by atoms with van der Waals surface area (Å²) in [6.45, 7) is 4.69. The van der Waals surface area contributed by atoms with Gasteiger partial charge in [-0.3, -0.25) is 14.5 Å². The van der Waals surface area contributed by atoms with Crippen molar-refractivity contribution in [2.45, 2.75) is 45.6 Å². The minimum absolute atomic E-state index is 0.0272. The number of hydrogen-bond acceptors (Lipinski definition) is 5. The van der Waals surface area contributed by atoms with Gasteiger partial charge in [0.2, 0.25) is 5.76 Å². The summed E-state index contributed by atoms with van der Waals surface area (Å²) in [6.07, 6.45) is 4.52. The number of fused-ring (bicyclic) bond motifs is 2. The first-order valence-corrected chi connectivity index (χ1v) is 12.6. The van der Waals surface area contributed by atoms with E-state index in [2.05, 4.69) is 11.9 Å². The fourth-order valence-electron chi connectivity index (χ4n) is 4.62. The third kappa shape index (κ3) is 4.49. The number of benzene rings is 2. The topological polar surface area (TPSA) is 72.6 Å². The summed E-state index contributed by atoms with van der Waals surface area (Å²) in [5.74, 6) is 0.823. The molecule has 1 atom stereocenters. The smallest absolute Gasteiger partial charge is 0.296 e. The van der Waals surface area contributed by atoms with Crippen molar-refractivity contribution >= 4 is 34.3 Å². The normalized spacial score (nSPS) is 14.9. The lowest BCUT2D eigenvalue weighted by Gasteiger charge is -2.24. The van der Waals surface area contributed by atoms with Crippen molar-refractivity contribution in [2.75, 3.05) is 11.5 Å². The fraction of sp³-hybridized carbons (Fsp3) is 0.276. The van der Waals surface area contributed by atoms with Crippen LogP contribution in [0.5, 0.6) is 5.75 Å². The number of aromatic nitrogens is 1. The van der Waals surface area contributed by atoms with Gasteiger partial charge in [0.1, 0.15) is 17.2 Å². The molecule has 0 N–H and O–H groups in total. The molecule has 6 nitrogen and oxygen atoms in total. The van der Waals surface area contributed by atoms with Gasteiger partial charge in [0.25, 0.3) is 5.91 Å². The van der Waals surface area contributed by atoms with E-state index in [9.17, 15) is 9.59 Å². The molecule has 36 heavy (non-hydrogen) atoms. The summed E-state index contributed by atoms with van der Waals surface area (Å²) in [5.41, 5.74) is 1.85. The number of aryl methyl sites for hydroxylation is 1. The van der Waals surface area contributed by atoms with E-state index in [4.69, 9.17) is 20.8 Å². The average Bonchev–Trinajstić information content (AvgIpc) is 3.17. The summed E-state index contributed by atoms with van der Waals surface area (Å²) in [7, 11) is 0. The van der Waals surface area contributed by atoms with E-state index in [0.29, 0.717) is 28.4 Å². The van der Waals surface area contributed by atoms with Gasteiger partial charge in [0, 0.05) is 10.7 Å². The van der Waals surface area contributed by atoms with Crippen LogP contribution in [0, 0.1) is 6.92 Å². The Balaban J connectivity index is 1.58. The summed E-state index contributed by atoms with van der Waals surface area (Å²) in [6, 6.07) is 17.1. The third-order valence-electron chi connectivity index (χ3n) is 6.42. The number of unbranched alkanes of at least 4 members (excludes halogenated alkanes) is 3. The van der Waals surface area contributed by atoms with Crippen molar-refractivity contribution in [2.24, 2.45) is 0 Å². The maximum atomic E-state index is 13.7. The van der Waals surface area contributed by atoms with Crippen molar-refractivity contribution in [3.05, 3.63) is 98.5 Å². The van der Waals surface area contributed by atoms with Gasteiger partial charge in [-0.15, -0.1) is 0 Å². The van der Waals surface area contributed by atoms with E-state index in [1.54, 1.807) is 24.3 Å². The third-order valence-corrected chi connectivity index (χ3v) is 6.65. The predicted molar refractivity (Wildman–Crippen MR) is 141 cm³/mol. The molecule has 5 rings (SSSR count). The molecule has 184 valence electrons. The van der Waals surface area contributed by atoms with Crippen molar-refractivity contribution in [1.29, 1.82) is 0 Å². The molecular formula is C29H27ClN2O4. The Morgan fingerprint density at radius 1 is 1.03 bits per heavy atom. The maximum Gasteiger partial charge on any atom is 0.296 e. The minimum atomic E-state index is -0.694. The van der Waals surface area contributed by atoms with Gasteiger partial charge in [-0.1, -0.05) is 56.0 Å². The molecule has 1 aliphatic heterocycles. The van der Waals surface area contributed by atoms with Crippen LogP contribution in [0.25, 0.3) is 11.0 Å². The van der Waals surface area contributed by atoms with Gasteiger partial charge in [-0.2, -0.15) is 0 Å². The Morgan fingerprint density at radius 3 is 2.58 bits per heavy atom. The van der Waals surface area contributed by atoms with E-state index < -0.39 is 11.9 Å². The summed E-state index contributed by atoms with van der Waals surface area (Å²) < 4.78 is 11.9. The number of rotatable bonds is 8. The highest BCUT2D eigenvalue weighted by atomic mass is 35.5. The highest BCUT2D eigenvalue weighted by molar-refractivity contribution is 6.31. The van der Waals surface area contributed by atoms with Crippen molar-refractivity contribution < 1.29 is 13.9 Å². The molecule has 0 radical (unpaired) electrons. The number of amides is 1. The van der Waals surface area contributed by atoms with Crippen LogP contribution in [0.1, 0.15) is 66.0 Å². The molecule has 0 bridgehead atoms. The molecule has 0 aliphatic carbocycles. The lowest BCUT2D eigenvalue weighted by molar-refractivity contribution is 0.0970. The molecule has 1 amide bonds. The van der Waals surface area contributed by atoms with Gasteiger partial charge in [-0.05, 0) is 61.4 Å². The Bertz CT molecular complexity index is 1480. The Kier molecular flexibility index (Phi) is 6.79. The van der Waals surface area contributed by atoms with Crippen LogP contribution in [0.4, 0.5) is 5.82 Å². The summed E-state index contributed by atoms with van der Waals surface area (Å²) in [4.78, 5) is 33.5. The summed E-state index contributed by atoms with van der Waals surface area (Å²) in [5, 5.41) is 0.762. The molecule has 2 aromatic carbocycles. The Labute approximate surface area is 214 Å². The van der Waals surface area contributed by atoms with E-state index in [1.807, 2.05) is 43.3 Å². The predicted octanol–water partition coefficient (Wildman–Crippen LogP) is 6.86. The standard InChI is InChI=1S/C29H27ClN2O4/c1-3-4-5-6-16-35-21-13-10-19(11-14-21)26-25-27(33)22-17-20(30)12-15-23(22)36-28(25)29(34)32(26)24-9-7-8-18(2)31-24/h7-15,17,26H,3-6,16H2,1-2H3. The van der Waals surface area contributed by atoms with Crippen LogP contribution in [-0.4, -0.2) is 17.5 Å². The monoisotopic (exact) mass is 502 g/mol. The molecule has 3 heterocycles. The van der Waals surface area contributed by atoms with Crippen LogP contribution < -0.4 is 15.1 Å². The molecule has 0 saturated carbocycles. The van der Waals surface area contributed by atoms with Gasteiger partial charge < -0.3 is 9.15 Å². The van der Waals surface area contributed by atoms with E-state index >= 15 is 0 Å². The van der Waals surface area contributed by atoms with Crippen LogP contribution in [0.15, 0.2) is 69.9 Å². The SMILES string of the molecule is CCCCCCOc1ccc(C2c3c(oc4ccc(Cl)cc4c3=O)C(=O)N2c2cccc(C)n2)cc1. The molecule has 4 aromatic rings. The van der Waals surface area contributed by atoms with Crippen molar-refractivity contribution in [3.63, 3.8) is 0 Å². The Morgan fingerprint density at radius 2 is 1.83 bits per heavy atom. The molecule has 1 unspecified atom stereocenters. The molecule has 0 saturated heterocycles. The number of halogens is 1. The zero-order valence-corrected chi connectivity index (χ0v) is 21.0. The van der Waals surface area contributed by atoms with E-state index in [1.165, 1.54) is 17.7 Å². The minimum Gasteiger partial charge on any atom is -0.494 e. The second-order valence-electron chi connectivity index (χ2n) is 9.01. The summed E-state index contributed by atoms with van der Waals surface area (Å²) >= 11 is 6.17. The quantitative estimate of drug-likeness (QED) is 0.246. The molecule has 2 aromatic heterocycles. The van der Waals surface area contributed by atoms with Crippen LogP contribution >= 0.6 is 11.6 Å². The Hall–Kier alpha value is -3.64.